The molecule has 0 radical (unpaired) electrons. The summed E-state index contributed by atoms with van der Waals surface area (Å²) in [4.78, 5) is 11.4. The van der Waals surface area contributed by atoms with Crippen molar-refractivity contribution in [1.29, 1.82) is 0 Å². The lowest BCUT2D eigenvalue weighted by Crippen LogP contribution is -2.21. The van der Waals surface area contributed by atoms with Gasteiger partial charge in [0.25, 0.3) is 0 Å². The average Bonchev–Trinajstić information content (AvgIpc) is 2.28. The summed E-state index contributed by atoms with van der Waals surface area (Å²) >= 11 is 0. The molecule has 0 bridgehead atoms. The largest absolute Gasteiger partial charge is 0.455 e. The normalized spacial score (nSPS) is 12.1. The van der Waals surface area contributed by atoms with E-state index >= 15 is 0 Å². The summed E-state index contributed by atoms with van der Waals surface area (Å²) in [6.45, 7) is 11.0. The zero-order chi connectivity index (χ0) is 13.7. The predicted molar refractivity (Wildman–Crippen MR) is 71.5 cm³/mol. The van der Waals surface area contributed by atoms with Gasteiger partial charge in [0.05, 0.1) is 0 Å². The molecular weight excluding hydrogens is 228 g/mol. The molecule has 0 aliphatic rings. The van der Waals surface area contributed by atoms with E-state index in [2.05, 4.69) is 20.4 Å². The number of ether oxygens (including phenoxy) is 2. The number of rotatable bonds is 5. The third-order valence-electron chi connectivity index (χ3n) is 2.46. The molecule has 0 heterocycles. The van der Waals surface area contributed by atoms with Gasteiger partial charge in [-0.2, -0.15) is 0 Å². The minimum absolute atomic E-state index is 0.352. The first kappa shape index (κ1) is 14.3. The number of carbonyl (C=O) groups is 1. The van der Waals surface area contributed by atoms with Crippen LogP contribution >= 0.6 is 0 Å². The molecule has 0 aromatic heterocycles. The highest BCUT2D eigenvalue weighted by atomic mass is 16.7. The van der Waals surface area contributed by atoms with Gasteiger partial charge in [-0.25, -0.2) is 4.79 Å². The number of hydrogen-bond acceptors (Lipinski definition) is 3. The van der Waals surface area contributed by atoms with Crippen molar-refractivity contribution < 1.29 is 14.3 Å². The summed E-state index contributed by atoms with van der Waals surface area (Å²) in [5.74, 6) is 0.657. The van der Waals surface area contributed by atoms with Gasteiger partial charge in [-0.05, 0) is 24.5 Å². The van der Waals surface area contributed by atoms with Gasteiger partial charge in [0.1, 0.15) is 5.75 Å². The van der Waals surface area contributed by atoms with Crippen molar-refractivity contribution in [2.45, 2.75) is 39.9 Å². The highest BCUT2D eigenvalue weighted by Crippen LogP contribution is 2.26. The number of carbonyl (C=O) groups excluding carboxylic acids is 1. The van der Waals surface area contributed by atoms with Crippen LogP contribution in [-0.4, -0.2) is 12.3 Å². The molecule has 1 aromatic rings. The number of benzene rings is 1. The van der Waals surface area contributed by atoms with Crippen molar-refractivity contribution in [1.82, 2.24) is 0 Å². The Morgan fingerprint density at radius 1 is 1.22 bits per heavy atom. The molecule has 1 unspecified atom stereocenters. The Kier molecular flexibility index (Phi) is 4.95. The van der Waals surface area contributed by atoms with Crippen LogP contribution in [0.3, 0.4) is 0 Å². The van der Waals surface area contributed by atoms with Gasteiger partial charge in [-0.1, -0.05) is 38.6 Å². The second-order valence-electron chi connectivity index (χ2n) is 4.56. The molecule has 0 fully saturated rings. The maximum absolute atomic E-state index is 11.4. The van der Waals surface area contributed by atoms with Crippen molar-refractivity contribution in [2.24, 2.45) is 0 Å². The molecule has 18 heavy (non-hydrogen) atoms. The maximum atomic E-state index is 11.4. The topological polar surface area (TPSA) is 35.5 Å². The van der Waals surface area contributed by atoms with E-state index in [1.807, 2.05) is 24.3 Å². The third kappa shape index (κ3) is 3.91. The van der Waals surface area contributed by atoms with Gasteiger partial charge in [0.15, 0.2) is 0 Å². The van der Waals surface area contributed by atoms with Gasteiger partial charge < -0.3 is 9.47 Å². The molecule has 3 heteroatoms. The fourth-order valence-corrected chi connectivity index (χ4v) is 1.52. The quantitative estimate of drug-likeness (QED) is 0.453. The van der Waals surface area contributed by atoms with E-state index in [4.69, 9.17) is 9.47 Å². The van der Waals surface area contributed by atoms with Crippen LogP contribution in [0, 0.1) is 0 Å². The number of para-hydroxylation sites is 1. The molecule has 1 rings (SSSR count). The minimum atomic E-state index is -0.630. The summed E-state index contributed by atoms with van der Waals surface area (Å²) in [7, 11) is 0. The van der Waals surface area contributed by atoms with Crippen LogP contribution in [0.25, 0.3) is 0 Å². The highest BCUT2D eigenvalue weighted by molar-refractivity contribution is 5.87. The fraction of sp³-hybridized carbons (Fsp3) is 0.400. The lowest BCUT2D eigenvalue weighted by Gasteiger charge is -2.19. The van der Waals surface area contributed by atoms with Crippen molar-refractivity contribution in [3.8, 4) is 5.75 Å². The van der Waals surface area contributed by atoms with Gasteiger partial charge in [0, 0.05) is 12.5 Å². The van der Waals surface area contributed by atoms with E-state index in [1.165, 1.54) is 0 Å². The van der Waals surface area contributed by atoms with Crippen LogP contribution < -0.4 is 4.74 Å². The van der Waals surface area contributed by atoms with Crippen LogP contribution in [0.15, 0.2) is 36.4 Å². The second-order valence-corrected chi connectivity index (χ2v) is 4.56. The standard InChI is InChI=1S/C15H20O3/c1-10(2)13-8-6-7-9-14(13)17-12(5)18-15(16)11(3)4/h6-10,12H,3H2,1-2,4-5H3. The SMILES string of the molecule is C=C(C)C(=O)OC(C)Oc1ccccc1C(C)C. The first-order chi connectivity index (χ1) is 8.41. The Labute approximate surface area is 108 Å². The monoisotopic (exact) mass is 248 g/mol. The van der Waals surface area contributed by atoms with E-state index < -0.39 is 12.3 Å². The molecule has 0 amide bonds. The first-order valence-electron chi connectivity index (χ1n) is 6.04. The second kappa shape index (κ2) is 6.24. The van der Waals surface area contributed by atoms with Crippen molar-refractivity contribution >= 4 is 5.97 Å². The molecule has 0 spiro atoms. The summed E-state index contributed by atoms with van der Waals surface area (Å²) in [5, 5.41) is 0. The minimum Gasteiger partial charge on any atom is -0.455 e. The fourth-order valence-electron chi connectivity index (χ4n) is 1.52. The third-order valence-corrected chi connectivity index (χ3v) is 2.46. The lowest BCUT2D eigenvalue weighted by molar-refractivity contribution is -0.156. The van der Waals surface area contributed by atoms with E-state index in [1.54, 1.807) is 13.8 Å². The number of hydrogen-bond donors (Lipinski definition) is 0. The Morgan fingerprint density at radius 3 is 2.39 bits per heavy atom. The Morgan fingerprint density at radius 2 is 1.83 bits per heavy atom. The van der Waals surface area contributed by atoms with Crippen molar-refractivity contribution in [3.05, 3.63) is 42.0 Å². The molecule has 0 aliphatic carbocycles. The van der Waals surface area contributed by atoms with E-state index in [0.29, 0.717) is 11.5 Å². The van der Waals surface area contributed by atoms with Crippen LogP contribution in [0.5, 0.6) is 5.75 Å². The van der Waals surface area contributed by atoms with Crippen molar-refractivity contribution in [3.63, 3.8) is 0 Å². The maximum Gasteiger partial charge on any atom is 0.336 e. The molecule has 0 N–H and O–H groups in total. The van der Waals surface area contributed by atoms with Crippen LogP contribution in [0.2, 0.25) is 0 Å². The summed E-state index contributed by atoms with van der Waals surface area (Å²) < 4.78 is 10.7. The highest BCUT2D eigenvalue weighted by Gasteiger charge is 2.14. The van der Waals surface area contributed by atoms with Gasteiger partial charge in [-0.3, -0.25) is 0 Å². The molecule has 1 atom stereocenters. The Balaban J connectivity index is 2.73. The van der Waals surface area contributed by atoms with Crippen molar-refractivity contribution in [2.75, 3.05) is 0 Å². The van der Waals surface area contributed by atoms with E-state index in [0.717, 1.165) is 11.3 Å². The molecular formula is C15H20O3. The molecule has 0 aliphatic heterocycles. The lowest BCUT2D eigenvalue weighted by atomic mass is 10.0. The molecule has 0 saturated carbocycles. The first-order valence-corrected chi connectivity index (χ1v) is 6.04. The molecule has 1 aromatic carbocycles. The summed E-state index contributed by atoms with van der Waals surface area (Å²) in [6.07, 6.45) is -0.630. The molecule has 3 nitrogen and oxygen atoms in total. The summed E-state index contributed by atoms with van der Waals surface area (Å²) in [6, 6.07) is 7.75. The van der Waals surface area contributed by atoms with Crippen LogP contribution in [0.4, 0.5) is 0 Å². The summed E-state index contributed by atoms with van der Waals surface area (Å²) in [5.41, 5.74) is 1.46. The zero-order valence-electron chi connectivity index (χ0n) is 11.4. The Hall–Kier alpha value is -1.77. The van der Waals surface area contributed by atoms with Crippen LogP contribution in [-0.2, 0) is 9.53 Å². The average molecular weight is 248 g/mol. The Bertz CT molecular complexity index is 435. The smallest absolute Gasteiger partial charge is 0.336 e. The van der Waals surface area contributed by atoms with E-state index in [9.17, 15) is 4.79 Å². The van der Waals surface area contributed by atoms with Gasteiger partial charge in [0.2, 0.25) is 6.29 Å². The van der Waals surface area contributed by atoms with Gasteiger partial charge >= 0.3 is 5.97 Å². The van der Waals surface area contributed by atoms with Gasteiger partial charge in [-0.15, -0.1) is 0 Å². The predicted octanol–water partition coefficient (Wildman–Crippen LogP) is 3.65. The zero-order valence-corrected chi connectivity index (χ0v) is 11.4. The molecule has 0 saturated heterocycles. The van der Waals surface area contributed by atoms with E-state index in [-0.39, 0.29) is 0 Å². The molecule has 98 valence electrons. The number of esters is 1. The van der Waals surface area contributed by atoms with Crippen LogP contribution in [0.1, 0.15) is 39.2 Å².